The van der Waals surface area contributed by atoms with Crippen molar-refractivity contribution >= 4 is 11.8 Å². The Morgan fingerprint density at radius 3 is 2.87 bits per heavy atom. The summed E-state index contributed by atoms with van der Waals surface area (Å²) in [5.74, 6) is -0.983. The lowest BCUT2D eigenvalue weighted by Gasteiger charge is -2.28. The predicted octanol–water partition coefficient (Wildman–Crippen LogP) is 2.61. The van der Waals surface area contributed by atoms with Crippen LogP contribution in [0.25, 0.3) is 0 Å². The summed E-state index contributed by atoms with van der Waals surface area (Å²) in [7, 11) is 0. The zero-order chi connectivity index (χ0) is 21.5. The summed E-state index contributed by atoms with van der Waals surface area (Å²) in [6.45, 7) is 0.335. The second kappa shape index (κ2) is 10.5. The normalized spacial score (nSPS) is 27.3. The zero-order valence-corrected chi connectivity index (χ0v) is 16.7. The number of carbonyl (C=O) groups is 2. The van der Waals surface area contributed by atoms with Crippen LogP contribution in [0.3, 0.4) is 0 Å². The van der Waals surface area contributed by atoms with Crippen molar-refractivity contribution in [3.05, 3.63) is 54.1 Å². The van der Waals surface area contributed by atoms with E-state index in [9.17, 15) is 19.8 Å². The summed E-state index contributed by atoms with van der Waals surface area (Å²) in [4.78, 5) is 22.8. The van der Waals surface area contributed by atoms with Crippen molar-refractivity contribution in [3.8, 4) is 5.75 Å². The molecule has 1 aliphatic heterocycles. The molecule has 0 unspecified atom stereocenters. The van der Waals surface area contributed by atoms with Crippen molar-refractivity contribution in [1.29, 1.82) is 0 Å². The number of rotatable bonds is 9. The van der Waals surface area contributed by atoms with Gasteiger partial charge in [-0.2, -0.15) is 0 Å². The number of ketones is 1. The molecule has 3 N–H and O–H groups in total. The lowest BCUT2D eigenvalue weighted by atomic mass is 9.90. The Bertz CT molecular complexity index is 800. The lowest BCUT2D eigenvalue weighted by molar-refractivity contribution is -0.152. The smallest absolute Gasteiger partial charge is 0.303 e. The van der Waals surface area contributed by atoms with Crippen LogP contribution >= 0.6 is 0 Å². The van der Waals surface area contributed by atoms with Crippen LogP contribution < -0.4 is 4.74 Å². The maximum Gasteiger partial charge on any atom is 0.303 e. The highest BCUT2D eigenvalue weighted by Crippen LogP contribution is 2.34. The zero-order valence-electron chi connectivity index (χ0n) is 16.7. The van der Waals surface area contributed by atoms with Gasteiger partial charge >= 0.3 is 5.97 Å². The highest BCUT2D eigenvalue weighted by atomic mass is 16.7. The number of carboxylic acid groups (broad SMARTS) is 1. The molecule has 0 aromatic heterocycles. The van der Waals surface area contributed by atoms with Gasteiger partial charge in [0.15, 0.2) is 0 Å². The first-order valence-corrected chi connectivity index (χ1v) is 10.3. The Labute approximate surface area is 175 Å². The highest BCUT2D eigenvalue weighted by Gasteiger charge is 2.39. The number of ether oxygens (including phenoxy) is 2. The van der Waals surface area contributed by atoms with Crippen molar-refractivity contribution in [1.82, 2.24) is 0 Å². The van der Waals surface area contributed by atoms with Crippen LogP contribution in [0.5, 0.6) is 5.75 Å². The summed E-state index contributed by atoms with van der Waals surface area (Å²) < 4.78 is 11.3. The van der Waals surface area contributed by atoms with Crippen LogP contribution in [0.1, 0.15) is 37.7 Å². The van der Waals surface area contributed by atoms with Crippen LogP contribution in [0.15, 0.2) is 48.6 Å². The van der Waals surface area contributed by atoms with E-state index in [1.807, 2.05) is 36.4 Å². The molecule has 1 saturated carbocycles. The van der Waals surface area contributed by atoms with E-state index in [0.29, 0.717) is 31.6 Å². The molecule has 0 spiro atoms. The van der Waals surface area contributed by atoms with Gasteiger partial charge in [0, 0.05) is 30.2 Å². The fourth-order valence-electron chi connectivity index (χ4n) is 3.83. The summed E-state index contributed by atoms with van der Waals surface area (Å²) in [6, 6.07) is 7.45. The molecular weight excluding hydrogens is 388 g/mol. The van der Waals surface area contributed by atoms with Gasteiger partial charge in [0.1, 0.15) is 17.6 Å². The fraction of sp³-hybridized carbons (Fsp3) is 0.478. The van der Waals surface area contributed by atoms with Gasteiger partial charge in [0.2, 0.25) is 6.29 Å². The molecular formula is C23H28O7. The topological polar surface area (TPSA) is 113 Å². The van der Waals surface area contributed by atoms with Crippen molar-refractivity contribution in [2.24, 2.45) is 11.8 Å². The number of aliphatic hydroxyl groups is 2. The number of para-hydroxylation sites is 1. The number of benzene rings is 1. The second-order valence-corrected chi connectivity index (χ2v) is 7.70. The Balaban J connectivity index is 1.55. The number of unbranched alkanes of at least 4 members (excludes halogenated alkanes) is 1. The Hall–Kier alpha value is -2.48. The van der Waals surface area contributed by atoms with E-state index >= 15 is 0 Å². The molecule has 0 amide bonds. The third kappa shape index (κ3) is 5.78. The molecule has 7 heteroatoms. The Kier molecular flexibility index (Phi) is 7.79. The van der Waals surface area contributed by atoms with E-state index < -0.39 is 30.4 Å². The largest absolute Gasteiger partial charge is 0.481 e. The molecule has 7 nitrogen and oxygen atoms in total. The summed E-state index contributed by atoms with van der Waals surface area (Å²) in [5.41, 5.74) is 0.911. The SMILES string of the molecule is O=C(O)CCCC=CC[C@H]1[C@@H](O)CC(=O)[C@@H]1C=C[C@H](O)[C@H]1OCc2ccccc2O1. The van der Waals surface area contributed by atoms with Crippen LogP contribution in [-0.2, 0) is 20.9 Å². The average Bonchev–Trinajstić information content (AvgIpc) is 3.00. The Morgan fingerprint density at radius 1 is 1.27 bits per heavy atom. The van der Waals surface area contributed by atoms with Gasteiger partial charge in [-0.15, -0.1) is 0 Å². The summed E-state index contributed by atoms with van der Waals surface area (Å²) >= 11 is 0. The maximum absolute atomic E-state index is 12.3. The van der Waals surface area contributed by atoms with Gasteiger partial charge in [-0.1, -0.05) is 42.5 Å². The molecule has 1 aromatic carbocycles. The van der Waals surface area contributed by atoms with Crippen molar-refractivity contribution in [2.75, 3.05) is 0 Å². The van der Waals surface area contributed by atoms with Gasteiger partial charge in [0.05, 0.1) is 12.7 Å². The molecule has 1 aromatic rings. The molecule has 0 radical (unpaired) electrons. The fourth-order valence-corrected chi connectivity index (χ4v) is 3.83. The first-order valence-electron chi connectivity index (χ1n) is 10.3. The van der Waals surface area contributed by atoms with E-state index in [4.69, 9.17) is 14.6 Å². The van der Waals surface area contributed by atoms with Gasteiger partial charge in [-0.3, -0.25) is 9.59 Å². The Morgan fingerprint density at radius 2 is 2.07 bits per heavy atom. The molecule has 1 heterocycles. The number of carboxylic acids is 1. The average molecular weight is 416 g/mol. The molecule has 0 saturated heterocycles. The number of aliphatic hydroxyl groups excluding tert-OH is 2. The minimum atomic E-state index is -1.05. The van der Waals surface area contributed by atoms with Gasteiger partial charge in [-0.05, 0) is 25.3 Å². The molecule has 3 rings (SSSR count). The third-order valence-electron chi connectivity index (χ3n) is 5.49. The standard InChI is InChI=1S/C23H28O7/c24-18(23-29-14-15-7-5-6-9-21(15)30-23)12-11-17-16(19(25)13-20(17)26)8-3-1-2-4-10-22(27)28/h1,3,5-7,9,11-12,16-19,23-25H,2,4,8,10,13-14H2,(H,27,28)/t16-,17-,18+,19+,23+/m1/s1. The lowest BCUT2D eigenvalue weighted by Crippen LogP contribution is -2.36. The van der Waals surface area contributed by atoms with Crippen molar-refractivity contribution in [2.45, 2.75) is 57.2 Å². The number of aliphatic carboxylic acids is 1. The second-order valence-electron chi connectivity index (χ2n) is 7.70. The quantitative estimate of drug-likeness (QED) is 0.419. The number of hydrogen-bond donors (Lipinski definition) is 3. The molecule has 2 aliphatic rings. The molecule has 5 atom stereocenters. The number of Topliss-reactive ketones (excluding diaryl/α,β-unsaturated/α-hetero) is 1. The first kappa shape index (κ1) is 22.2. The van der Waals surface area contributed by atoms with Gasteiger partial charge in [-0.25, -0.2) is 0 Å². The number of carbonyl (C=O) groups excluding carboxylic acids is 1. The molecule has 0 bridgehead atoms. The van der Waals surface area contributed by atoms with Gasteiger partial charge in [0.25, 0.3) is 0 Å². The number of allylic oxidation sites excluding steroid dienone is 3. The monoisotopic (exact) mass is 416 g/mol. The van der Waals surface area contributed by atoms with E-state index in [1.54, 1.807) is 6.08 Å². The minimum Gasteiger partial charge on any atom is -0.481 e. The first-order chi connectivity index (χ1) is 14.5. The van der Waals surface area contributed by atoms with Crippen LogP contribution in [0, 0.1) is 11.8 Å². The highest BCUT2D eigenvalue weighted by molar-refractivity contribution is 5.86. The van der Waals surface area contributed by atoms with Crippen LogP contribution in [0.2, 0.25) is 0 Å². The molecule has 1 aliphatic carbocycles. The van der Waals surface area contributed by atoms with E-state index in [1.165, 1.54) is 6.08 Å². The van der Waals surface area contributed by atoms with Crippen molar-refractivity contribution < 1.29 is 34.4 Å². The van der Waals surface area contributed by atoms with E-state index in [-0.39, 0.29) is 24.5 Å². The van der Waals surface area contributed by atoms with Gasteiger partial charge < -0.3 is 24.8 Å². The third-order valence-corrected chi connectivity index (χ3v) is 5.49. The van der Waals surface area contributed by atoms with Crippen molar-refractivity contribution in [3.63, 3.8) is 0 Å². The molecule has 1 fully saturated rings. The predicted molar refractivity (Wildman–Crippen MR) is 109 cm³/mol. The number of hydrogen-bond acceptors (Lipinski definition) is 6. The van der Waals surface area contributed by atoms with Crippen LogP contribution in [-0.4, -0.2) is 45.6 Å². The number of fused-ring (bicyclic) bond motifs is 1. The van der Waals surface area contributed by atoms with Crippen LogP contribution in [0.4, 0.5) is 0 Å². The minimum absolute atomic E-state index is 0.0638. The summed E-state index contributed by atoms with van der Waals surface area (Å²) in [5, 5.41) is 29.3. The maximum atomic E-state index is 12.3. The molecule has 162 valence electrons. The summed E-state index contributed by atoms with van der Waals surface area (Å²) in [6.07, 6.45) is 6.18. The van der Waals surface area contributed by atoms with E-state index in [0.717, 1.165) is 5.56 Å². The molecule has 30 heavy (non-hydrogen) atoms. The van der Waals surface area contributed by atoms with E-state index in [2.05, 4.69) is 0 Å².